The Morgan fingerprint density at radius 3 is 2.61 bits per heavy atom. The molecule has 1 aliphatic heterocycles. The fourth-order valence-electron chi connectivity index (χ4n) is 3.78. The van der Waals surface area contributed by atoms with Crippen molar-refractivity contribution in [2.45, 2.75) is 33.9 Å². The van der Waals surface area contributed by atoms with Gasteiger partial charge in [0.05, 0.1) is 23.5 Å². The first-order valence-corrected chi connectivity index (χ1v) is 12.2. The predicted molar refractivity (Wildman–Crippen MR) is 141 cm³/mol. The number of guanidine groups is 1. The van der Waals surface area contributed by atoms with Crippen molar-refractivity contribution >= 4 is 44.5 Å². The molecule has 3 heterocycles. The van der Waals surface area contributed by atoms with Gasteiger partial charge in [0.15, 0.2) is 6.23 Å². The maximum Gasteiger partial charge on any atom is 0.413 e. The van der Waals surface area contributed by atoms with Crippen LogP contribution in [-0.4, -0.2) is 51.9 Å². The molecule has 1 amide bonds. The van der Waals surface area contributed by atoms with Crippen LogP contribution in [0.3, 0.4) is 0 Å². The number of likely N-dealkylation sites (N-methyl/N-ethyl adjacent to an activating group) is 1. The van der Waals surface area contributed by atoms with Crippen LogP contribution in [-0.2, 0) is 4.74 Å². The number of pyridine rings is 2. The monoisotopic (exact) mass is 553 g/mol. The molecule has 3 aromatic rings. The van der Waals surface area contributed by atoms with Crippen molar-refractivity contribution in [2.24, 2.45) is 10.4 Å². The highest BCUT2D eigenvalue weighted by molar-refractivity contribution is 9.10. The van der Waals surface area contributed by atoms with E-state index in [1.54, 1.807) is 32.3 Å². The van der Waals surface area contributed by atoms with Gasteiger partial charge in [-0.2, -0.15) is 0 Å². The molecule has 1 aromatic carbocycles. The Morgan fingerprint density at radius 1 is 1.17 bits per heavy atom. The van der Waals surface area contributed by atoms with Gasteiger partial charge in [-0.05, 0) is 53.2 Å². The van der Waals surface area contributed by atoms with Gasteiger partial charge in [-0.3, -0.25) is 5.32 Å². The Morgan fingerprint density at radius 2 is 1.92 bits per heavy atom. The van der Waals surface area contributed by atoms with Gasteiger partial charge in [-0.1, -0.05) is 26.8 Å². The number of alkyl carbamates (subject to hydrolysis) is 1. The summed E-state index contributed by atoms with van der Waals surface area (Å²) < 4.78 is 11.6. The van der Waals surface area contributed by atoms with Gasteiger partial charge in [0.25, 0.3) is 0 Å². The molecule has 0 radical (unpaired) electrons. The topological polar surface area (TPSA) is 109 Å². The van der Waals surface area contributed by atoms with Crippen molar-refractivity contribution in [1.82, 2.24) is 20.2 Å². The Labute approximate surface area is 218 Å². The molecule has 1 aliphatic rings. The Kier molecular flexibility index (Phi) is 7.28. The van der Waals surface area contributed by atoms with E-state index in [2.05, 4.69) is 26.2 Å². The SMILES string of the molecule is CCOC(=O)NC1=NC(C(C)(C)C)=C(c2ccc3cc(Oc4ccnc(Br)c4)ccc3n2)C(O)N1C. The number of carbonyl (C=O) groups is 1. The number of ether oxygens (including phenoxy) is 2. The van der Waals surface area contributed by atoms with Gasteiger partial charge < -0.3 is 19.5 Å². The lowest BCUT2D eigenvalue weighted by Gasteiger charge is -2.36. The normalized spacial score (nSPS) is 16.1. The van der Waals surface area contributed by atoms with Crippen molar-refractivity contribution in [3.8, 4) is 11.5 Å². The molecular weight excluding hydrogens is 526 g/mol. The quantitative estimate of drug-likeness (QED) is 0.421. The first-order valence-electron chi connectivity index (χ1n) is 11.5. The van der Waals surface area contributed by atoms with Crippen LogP contribution in [0, 0.1) is 5.41 Å². The van der Waals surface area contributed by atoms with E-state index in [4.69, 9.17) is 19.5 Å². The molecule has 0 saturated heterocycles. The van der Waals surface area contributed by atoms with E-state index in [1.807, 2.05) is 51.1 Å². The number of hydrogen-bond acceptors (Lipinski definition) is 8. The third-order valence-corrected chi connectivity index (χ3v) is 5.94. The zero-order valence-corrected chi connectivity index (χ0v) is 22.3. The predicted octanol–water partition coefficient (Wildman–Crippen LogP) is 5.31. The average Bonchev–Trinajstić information content (AvgIpc) is 2.81. The van der Waals surface area contributed by atoms with Gasteiger partial charge in [-0.15, -0.1) is 0 Å². The summed E-state index contributed by atoms with van der Waals surface area (Å²) in [4.78, 5) is 27.1. The van der Waals surface area contributed by atoms with Crippen LogP contribution in [0.2, 0.25) is 0 Å². The number of nitrogens with one attached hydrogen (secondary N) is 1. The molecule has 4 rings (SSSR count). The number of hydrogen-bond donors (Lipinski definition) is 2. The molecule has 188 valence electrons. The minimum absolute atomic E-state index is 0.208. The average molecular weight is 554 g/mol. The second-order valence-corrected chi connectivity index (χ2v) is 10.1. The summed E-state index contributed by atoms with van der Waals surface area (Å²) in [6.45, 7) is 7.93. The number of rotatable bonds is 4. The minimum Gasteiger partial charge on any atom is -0.457 e. The Bertz CT molecular complexity index is 1370. The molecule has 2 aromatic heterocycles. The highest BCUT2D eigenvalue weighted by atomic mass is 79.9. The molecule has 36 heavy (non-hydrogen) atoms. The minimum atomic E-state index is -1.08. The molecule has 0 saturated carbocycles. The Hall–Kier alpha value is -3.50. The number of carbonyl (C=O) groups excluding carboxylic acids is 1. The van der Waals surface area contributed by atoms with Crippen molar-refractivity contribution in [1.29, 1.82) is 0 Å². The number of fused-ring (bicyclic) bond motifs is 1. The second-order valence-electron chi connectivity index (χ2n) is 9.25. The number of benzene rings is 1. The van der Waals surface area contributed by atoms with Crippen LogP contribution >= 0.6 is 15.9 Å². The van der Waals surface area contributed by atoms with Crippen LogP contribution in [0.5, 0.6) is 11.5 Å². The summed E-state index contributed by atoms with van der Waals surface area (Å²) in [7, 11) is 1.65. The molecule has 0 bridgehead atoms. The molecule has 0 spiro atoms. The summed E-state index contributed by atoms with van der Waals surface area (Å²) in [5.41, 5.74) is 2.09. The maximum absolute atomic E-state index is 12.0. The van der Waals surface area contributed by atoms with E-state index >= 15 is 0 Å². The summed E-state index contributed by atoms with van der Waals surface area (Å²) >= 11 is 3.35. The summed E-state index contributed by atoms with van der Waals surface area (Å²) in [5, 5.41) is 14.8. The lowest BCUT2D eigenvalue weighted by atomic mass is 9.86. The van der Waals surface area contributed by atoms with Crippen molar-refractivity contribution in [2.75, 3.05) is 13.7 Å². The smallest absolute Gasteiger partial charge is 0.413 e. The van der Waals surface area contributed by atoms with Crippen LogP contribution in [0.4, 0.5) is 4.79 Å². The molecule has 0 aliphatic carbocycles. The van der Waals surface area contributed by atoms with Gasteiger partial charge in [0, 0.05) is 35.7 Å². The molecule has 2 N–H and O–H groups in total. The zero-order chi connectivity index (χ0) is 26.0. The molecular formula is C26H28BrN5O4. The summed E-state index contributed by atoms with van der Waals surface area (Å²) in [5.74, 6) is 1.54. The summed E-state index contributed by atoms with van der Waals surface area (Å²) in [6.07, 6.45) is -0.0448. The van der Waals surface area contributed by atoms with E-state index in [-0.39, 0.29) is 12.6 Å². The van der Waals surface area contributed by atoms with E-state index in [1.165, 1.54) is 4.90 Å². The van der Waals surface area contributed by atoms with Gasteiger partial charge >= 0.3 is 6.09 Å². The molecule has 10 heteroatoms. The maximum atomic E-state index is 12.0. The number of allylic oxidation sites excluding steroid dienone is 1. The highest BCUT2D eigenvalue weighted by Crippen LogP contribution is 2.38. The highest BCUT2D eigenvalue weighted by Gasteiger charge is 2.35. The van der Waals surface area contributed by atoms with Crippen molar-refractivity contribution < 1.29 is 19.4 Å². The first-order chi connectivity index (χ1) is 17.1. The fourth-order valence-corrected chi connectivity index (χ4v) is 4.12. The molecule has 1 atom stereocenters. The number of amides is 1. The molecule has 0 fully saturated rings. The number of aliphatic hydroxyl groups is 1. The van der Waals surface area contributed by atoms with Crippen LogP contribution < -0.4 is 10.1 Å². The third-order valence-electron chi connectivity index (χ3n) is 5.50. The summed E-state index contributed by atoms with van der Waals surface area (Å²) in [6, 6.07) is 13.0. The number of aromatic nitrogens is 2. The number of aliphatic imine (C=N–C) groups is 1. The van der Waals surface area contributed by atoms with Crippen LogP contribution in [0.25, 0.3) is 16.5 Å². The lowest BCUT2D eigenvalue weighted by molar-refractivity contribution is 0.113. The van der Waals surface area contributed by atoms with Gasteiger partial charge in [0.1, 0.15) is 16.1 Å². The lowest BCUT2D eigenvalue weighted by Crippen LogP contribution is -2.50. The largest absolute Gasteiger partial charge is 0.457 e. The number of halogens is 1. The molecule has 1 unspecified atom stereocenters. The van der Waals surface area contributed by atoms with Gasteiger partial charge in [0.2, 0.25) is 5.96 Å². The standard InChI is InChI=1S/C26H28BrN5O4/c1-6-35-25(34)31-24-30-22(26(2,3)4)21(23(33)32(24)5)19-9-7-15-13-16(8-10-18(15)29-19)36-17-11-12-28-20(27)14-17/h7-14,23,33H,6H2,1-5H3,(H,30,31,34). The first kappa shape index (κ1) is 25.6. The van der Waals surface area contributed by atoms with E-state index in [9.17, 15) is 9.90 Å². The van der Waals surface area contributed by atoms with Crippen LogP contribution in [0.1, 0.15) is 33.4 Å². The Balaban J connectivity index is 1.72. The van der Waals surface area contributed by atoms with Crippen LogP contribution in [0.15, 0.2) is 64.0 Å². The second kappa shape index (κ2) is 10.2. The molecule has 9 nitrogen and oxygen atoms in total. The van der Waals surface area contributed by atoms with Gasteiger partial charge in [-0.25, -0.2) is 19.8 Å². The fraction of sp³-hybridized carbons (Fsp3) is 0.308. The van der Waals surface area contributed by atoms with E-state index in [0.29, 0.717) is 33.1 Å². The van der Waals surface area contributed by atoms with Crippen molar-refractivity contribution in [3.63, 3.8) is 0 Å². The zero-order valence-electron chi connectivity index (χ0n) is 20.7. The third kappa shape index (κ3) is 5.50. The number of nitrogens with zero attached hydrogens (tertiary/aromatic N) is 4. The van der Waals surface area contributed by atoms with E-state index < -0.39 is 17.7 Å². The van der Waals surface area contributed by atoms with Crippen molar-refractivity contribution in [3.05, 3.63) is 64.7 Å². The number of aliphatic hydroxyl groups excluding tert-OH is 1. The van der Waals surface area contributed by atoms with E-state index in [0.717, 1.165) is 10.9 Å².